The Kier molecular flexibility index (Phi) is 6.02. The third-order valence-electron chi connectivity index (χ3n) is 3.07. The van der Waals surface area contributed by atoms with E-state index in [9.17, 15) is 17.6 Å². The zero-order chi connectivity index (χ0) is 18.4. The number of hydrogen-bond donors (Lipinski definition) is 3. The average molecular weight is 373 g/mol. The molecule has 0 spiro atoms. The van der Waals surface area contributed by atoms with Crippen LogP contribution in [0.5, 0.6) is 5.75 Å². The molecule has 2 aromatic rings. The van der Waals surface area contributed by atoms with Crippen molar-refractivity contribution >= 4 is 28.7 Å². The first-order valence-corrected chi connectivity index (χ1v) is 7.56. The zero-order valence-corrected chi connectivity index (χ0v) is 13.7. The highest BCUT2D eigenvalue weighted by Crippen LogP contribution is 2.32. The Morgan fingerprint density at radius 2 is 1.80 bits per heavy atom. The van der Waals surface area contributed by atoms with Crippen molar-refractivity contribution in [2.24, 2.45) is 0 Å². The van der Waals surface area contributed by atoms with Crippen molar-refractivity contribution in [3.63, 3.8) is 0 Å². The molecule has 0 bridgehead atoms. The highest BCUT2D eigenvalue weighted by molar-refractivity contribution is 7.80. The lowest BCUT2D eigenvalue weighted by molar-refractivity contribution is -0.137. The van der Waals surface area contributed by atoms with Crippen molar-refractivity contribution in [1.82, 2.24) is 5.32 Å². The van der Waals surface area contributed by atoms with Crippen molar-refractivity contribution in [1.29, 1.82) is 0 Å². The van der Waals surface area contributed by atoms with Crippen LogP contribution >= 0.6 is 12.2 Å². The molecule has 0 aromatic heterocycles. The summed E-state index contributed by atoms with van der Waals surface area (Å²) < 4.78 is 56.4. The van der Waals surface area contributed by atoms with Crippen LogP contribution in [0.25, 0.3) is 0 Å². The smallest absolute Gasteiger partial charge is 0.416 e. The highest BCUT2D eigenvalue weighted by atomic mass is 32.1. The molecule has 0 saturated heterocycles. The van der Waals surface area contributed by atoms with Crippen LogP contribution in [0.15, 0.2) is 42.5 Å². The minimum absolute atomic E-state index is 0.0677. The lowest BCUT2D eigenvalue weighted by Gasteiger charge is -2.13. The summed E-state index contributed by atoms with van der Waals surface area (Å²) in [6, 6.07) is 8.87. The second-order valence-electron chi connectivity index (χ2n) is 4.99. The number of hydrogen-bond acceptors (Lipinski definition) is 3. The predicted molar refractivity (Wildman–Crippen MR) is 92.0 cm³/mol. The first kappa shape index (κ1) is 18.8. The van der Waals surface area contributed by atoms with E-state index in [1.165, 1.54) is 0 Å². The number of nitrogens with two attached hydrogens (primary N) is 1. The van der Waals surface area contributed by atoms with Gasteiger partial charge in [-0.1, -0.05) is 0 Å². The number of nitrogens with one attached hydrogen (secondary N) is 2. The summed E-state index contributed by atoms with van der Waals surface area (Å²) in [4.78, 5) is 0. The standard InChI is InChI=1S/C16H15F4N3OS/c17-13-6-1-10(16(18,19)20)9-14(13)24-8-7-22-15(25)23-12-4-2-11(21)3-5-12/h1-6,9H,7-8,21H2,(H2,22,23,25). The second-order valence-corrected chi connectivity index (χ2v) is 5.40. The Bertz CT molecular complexity index is 735. The van der Waals surface area contributed by atoms with Crippen LogP contribution in [0.4, 0.5) is 28.9 Å². The molecule has 0 aliphatic heterocycles. The van der Waals surface area contributed by atoms with Gasteiger partial charge in [0.1, 0.15) is 6.61 Å². The molecule has 0 fully saturated rings. The SMILES string of the molecule is Nc1ccc(NC(=S)NCCOc2cc(C(F)(F)F)ccc2F)cc1. The van der Waals surface area contributed by atoms with Crippen LogP contribution in [0.1, 0.15) is 5.56 Å². The Morgan fingerprint density at radius 1 is 1.12 bits per heavy atom. The third-order valence-corrected chi connectivity index (χ3v) is 3.32. The van der Waals surface area contributed by atoms with Gasteiger partial charge in [0, 0.05) is 11.4 Å². The number of ether oxygens (including phenoxy) is 1. The van der Waals surface area contributed by atoms with Crippen molar-refractivity contribution in [3.8, 4) is 5.75 Å². The molecule has 0 aliphatic rings. The number of halogens is 4. The molecule has 0 saturated carbocycles. The molecule has 0 unspecified atom stereocenters. The first-order valence-electron chi connectivity index (χ1n) is 7.15. The molecule has 0 amide bonds. The summed E-state index contributed by atoms with van der Waals surface area (Å²) in [6.45, 7) is 0.109. The summed E-state index contributed by atoms with van der Waals surface area (Å²) in [6.07, 6.45) is -4.56. The van der Waals surface area contributed by atoms with Gasteiger partial charge in [-0.15, -0.1) is 0 Å². The van der Waals surface area contributed by atoms with E-state index in [0.29, 0.717) is 17.8 Å². The molecule has 2 aromatic carbocycles. The first-order chi connectivity index (χ1) is 11.8. The van der Waals surface area contributed by atoms with Gasteiger partial charge in [-0.2, -0.15) is 13.2 Å². The van der Waals surface area contributed by atoms with Gasteiger partial charge in [0.15, 0.2) is 16.7 Å². The predicted octanol–water partition coefficient (Wildman–Crippen LogP) is 3.79. The Morgan fingerprint density at radius 3 is 2.44 bits per heavy atom. The van der Waals surface area contributed by atoms with Crippen LogP contribution in [0.3, 0.4) is 0 Å². The van der Waals surface area contributed by atoms with Crippen molar-refractivity contribution in [2.45, 2.75) is 6.18 Å². The molecule has 0 heterocycles. The normalized spacial score (nSPS) is 11.0. The van der Waals surface area contributed by atoms with E-state index in [4.69, 9.17) is 22.7 Å². The summed E-state index contributed by atoms with van der Waals surface area (Å²) >= 11 is 5.06. The van der Waals surface area contributed by atoms with E-state index in [-0.39, 0.29) is 18.3 Å². The summed E-state index contributed by atoms with van der Waals surface area (Å²) in [5, 5.41) is 5.98. The van der Waals surface area contributed by atoms with Crippen LogP contribution in [-0.4, -0.2) is 18.3 Å². The van der Waals surface area contributed by atoms with Gasteiger partial charge in [-0.05, 0) is 54.7 Å². The molecule has 4 N–H and O–H groups in total. The Hall–Kier alpha value is -2.55. The number of thiocarbonyl (C=S) groups is 1. The largest absolute Gasteiger partial charge is 0.489 e. The maximum Gasteiger partial charge on any atom is 0.416 e. The maximum absolute atomic E-state index is 13.5. The van der Waals surface area contributed by atoms with Crippen LogP contribution in [0, 0.1) is 5.82 Å². The van der Waals surface area contributed by atoms with E-state index in [1.807, 2.05) is 0 Å². The minimum atomic E-state index is -4.56. The van der Waals surface area contributed by atoms with Crippen molar-refractivity contribution < 1.29 is 22.3 Å². The van der Waals surface area contributed by atoms with E-state index >= 15 is 0 Å². The average Bonchev–Trinajstić information content (AvgIpc) is 2.54. The van der Waals surface area contributed by atoms with Crippen molar-refractivity contribution in [3.05, 3.63) is 53.8 Å². The molecule has 0 aliphatic carbocycles. The number of alkyl halides is 3. The van der Waals surface area contributed by atoms with E-state index in [1.54, 1.807) is 24.3 Å². The van der Waals surface area contributed by atoms with Gasteiger partial charge in [-0.25, -0.2) is 4.39 Å². The summed E-state index contributed by atoms with van der Waals surface area (Å²) in [5.74, 6) is -1.33. The van der Waals surface area contributed by atoms with Crippen LogP contribution < -0.4 is 21.1 Å². The molecule has 9 heteroatoms. The van der Waals surface area contributed by atoms with Gasteiger partial charge >= 0.3 is 6.18 Å². The topological polar surface area (TPSA) is 59.3 Å². The number of rotatable bonds is 5. The van der Waals surface area contributed by atoms with Crippen LogP contribution in [0.2, 0.25) is 0 Å². The van der Waals surface area contributed by atoms with E-state index < -0.39 is 23.3 Å². The van der Waals surface area contributed by atoms with Gasteiger partial charge in [0.2, 0.25) is 0 Å². The zero-order valence-electron chi connectivity index (χ0n) is 12.9. The monoisotopic (exact) mass is 373 g/mol. The molecule has 4 nitrogen and oxygen atoms in total. The number of benzene rings is 2. The Labute approximate surface area is 147 Å². The second kappa shape index (κ2) is 8.02. The van der Waals surface area contributed by atoms with E-state index in [0.717, 1.165) is 11.8 Å². The lowest BCUT2D eigenvalue weighted by atomic mass is 10.2. The fourth-order valence-electron chi connectivity index (χ4n) is 1.86. The highest BCUT2D eigenvalue weighted by Gasteiger charge is 2.31. The summed E-state index contributed by atoms with van der Waals surface area (Å²) in [7, 11) is 0. The molecule has 134 valence electrons. The number of nitrogen functional groups attached to an aromatic ring is 1. The van der Waals surface area contributed by atoms with Crippen molar-refractivity contribution in [2.75, 3.05) is 24.2 Å². The van der Waals surface area contributed by atoms with Gasteiger partial charge in [0.05, 0.1) is 12.1 Å². The van der Waals surface area contributed by atoms with Gasteiger partial charge < -0.3 is 21.1 Å². The van der Waals surface area contributed by atoms with Gasteiger partial charge in [0.25, 0.3) is 0 Å². The summed E-state index contributed by atoms with van der Waals surface area (Å²) in [5.41, 5.74) is 5.92. The molecule has 25 heavy (non-hydrogen) atoms. The molecule has 0 radical (unpaired) electrons. The molecule has 0 atom stereocenters. The quantitative estimate of drug-likeness (QED) is 0.322. The fraction of sp³-hybridized carbons (Fsp3) is 0.188. The number of anilines is 2. The molecular formula is C16H15F4N3OS. The lowest BCUT2D eigenvalue weighted by Crippen LogP contribution is -2.32. The molecular weight excluding hydrogens is 358 g/mol. The maximum atomic E-state index is 13.5. The third kappa shape index (κ3) is 5.79. The van der Waals surface area contributed by atoms with Gasteiger partial charge in [-0.3, -0.25) is 0 Å². The minimum Gasteiger partial charge on any atom is -0.489 e. The van der Waals surface area contributed by atoms with E-state index in [2.05, 4.69) is 10.6 Å². The van der Waals surface area contributed by atoms with Crippen LogP contribution in [-0.2, 0) is 6.18 Å². The Balaban J connectivity index is 1.81. The molecule has 2 rings (SSSR count). The fourth-order valence-corrected chi connectivity index (χ4v) is 2.08.